The zero-order chi connectivity index (χ0) is 20.5. The summed E-state index contributed by atoms with van der Waals surface area (Å²) >= 11 is 0. The molecule has 1 aromatic carbocycles. The number of rotatable bonds is 3. The number of pyridine rings is 1. The van der Waals surface area contributed by atoms with Crippen molar-refractivity contribution >= 4 is 17.5 Å². The van der Waals surface area contributed by atoms with E-state index < -0.39 is 0 Å². The van der Waals surface area contributed by atoms with Gasteiger partial charge in [0.25, 0.3) is 11.8 Å². The van der Waals surface area contributed by atoms with E-state index in [0.29, 0.717) is 30.0 Å². The van der Waals surface area contributed by atoms with E-state index in [4.69, 9.17) is 0 Å². The number of nitrogens with one attached hydrogen (secondary N) is 2. The molecule has 4 rings (SSSR count). The smallest absolute Gasteiger partial charge is 0.274 e. The van der Waals surface area contributed by atoms with Crippen molar-refractivity contribution in [2.45, 2.75) is 33.7 Å². The highest BCUT2D eigenvalue weighted by Gasteiger charge is 2.25. The van der Waals surface area contributed by atoms with Crippen molar-refractivity contribution in [2.24, 2.45) is 0 Å². The Bertz CT molecular complexity index is 1100. The number of aromatic nitrogens is 3. The Labute approximate surface area is 169 Å². The van der Waals surface area contributed by atoms with Crippen molar-refractivity contribution < 1.29 is 9.59 Å². The van der Waals surface area contributed by atoms with E-state index in [1.807, 2.05) is 37.8 Å². The van der Waals surface area contributed by atoms with E-state index in [-0.39, 0.29) is 11.8 Å². The summed E-state index contributed by atoms with van der Waals surface area (Å²) in [5.41, 5.74) is 6.30. The number of hydrogen-bond acceptors (Lipinski definition) is 4. The monoisotopic (exact) mass is 389 g/mol. The standard InChI is InChI=1S/C22H23N5O2/c1-13-7-8-16(11-20(13)24-21(28)19-6-4-5-14(2)23-19)22(29)27-10-9-18-17(12-27)15(3)25-26-18/h4-8,11H,9-10,12H2,1-3H3,(H,24,28)(H,25,26). The highest BCUT2D eigenvalue weighted by molar-refractivity contribution is 6.04. The SMILES string of the molecule is Cc1cccc(C(=O)Nc2cc(C(=O)N3CCc4n[nH]c(C)c4C3)ccc2C)n1. The molecule has 2 amide bonds. The van der Waals surface area contributed by atoms with Gasteiger partial charge in [-0.3, -0.25) is 14.7 Å². The van der Waals surface area contributed by atoms with Gasteiger partial charge in [0.1, 0.15) is 5.69 Å². The molecule has 0 fully saturated rings. The van der Waals surface area contributed by atoms with Crippen molar-refractivity contribution in [1.82, 2.24) is 20.1 Å². The topological polar surface area (TPSA) is 91.0 Å². The second-order valence-corrected chi connectivity index (χ2v) is 7.40. The third kappa shape index (κ3) is 3.76. The summed E-state index contributed by atoms with van der Waals surface area (Å²) in [6, 6.07) is 10.7. The van der Waals surface area contributed by atoms with Crippen LogP contribution in [0.4, 0.5) is 5.69 Å². The molecule has 1 aliphatic rings. The predicted octanol–water partition coefficient (Wildman–Crippen LogP) is 3.18. The van der Waals surface area contributed by atoms with E-state index >= 15 is 0 Å². The van der Waals surface area contributed by atoms with Gasteiger partial charge < -0.3 is 10.2 Å². The highest BCUT2D eigenvalue weighted by atomic mass is 16.2. The molecule has 0 radical (unpaired) electrons. The Morgan fingerprint density at radius 3 is 2.76 bits per heavy atom. The van der Waals surface area contributed by atoms with Crippen LogP contribution in [0.2, 0.25) is 0 Å². The number of aryl methyl sites for hydroxylation is 3. The maximum absolute atomic E-state index is 13.1. The molecular weight excluding hydrogens is 366 g/mol. The molecule has 0 spiro atoms. The van der Waals surface area contributed by atoms with Crippen molar-refractivity contribution in [3.8, 4) is 0 Å². The van der Waals surface area contributed by atoms with Crippen LogP contribution in [-0.4, -0.2) is 38.4 Å². The number of carbonyl (C=O) groups excluding carboxylic acids is 2. The maximum atomic E-state index is 13.1. The third-order valence-electron chi connectivity index (χ3n) is 5.27. The van der Waals surface area contributed by atoms with Crippen LogP contribution in [0, 0.1) is 20.8 Å². The lowest BCUT2D eigenvalue weighted by Crippen LogP contribution is -2.36. The summed E-state index contributed by atoms with van der Waals surface area (Å²) in [6.45, 7) is 6.87. The van der Waals surface area contributed by atoms with Crippen LogP contribution in [0.1, 0.15) is 49.1 Å². The zero-order valence-corrected chi connectivity index (χ0v) is 16.7. The Morgan fingerprint density at radius 2 is 1.97 bits per heavy atom. The summed E-state index contributed by atoms with van der Waals surface area (Å²) in [7, 11) is 0. The summed E-state index contributed by atoms with van der Waals surface area (Å²) in [5, 5.41) is 10.2. The molecule has 0 bridgehead atoms. The Kier molecular flexibility index (Phi) is 4.88. The van der Waals surface area contributed by atoms with Gasteiger partial charge in [-0.25, -0.2) is 4.98 Å². The second-order valence-electron chi connectivity index (χ2n) is 7.40. The summed E-state index contributed by atoms with van der Waals surface area (Å²) < 4.78 is 0. The molecular formula is C22H23N5O2. The molecule has 2 N–H and O–H groups in total. The van der Waals surface area contributed by atoms with E-state index in [1.54, 1.807) is 24.3 Å². The van der Waals surface area contributed by atoms with Crippen LogP contribution in [0.3, 0.4) is 0 Å². The molecule has 0 atom stereocenters. The van der Waals surface area contributed by atoms with Crippen molar-refractivity contribution in [3.63, 3.8) is 0 Å². The molecule has 3 heterocycles. The lowest BCUT2D eigenvalue weighted by atomic mass is 10.0. The number of fused-ring (bicyclic) bond motifs is 1. The molecule has 0 aliphatic carbocycles. The fourth-order valence-corrected chi connectivity index (χ4v) is 3.53. The average Bonchev–Trinajstić information content (AvgIpc) is 3.09. The number of anilines is 1. The quantitative estimate of drug-likeness (QED) is 0.720. The fourth-order valence-electron chi connectivity index (χ4n) is 3.53. The molecule has 0 saturated carbocycles. The van der Waals surface area contributed by atoms with Gasteiger partial charge in [-0.1, -0.05) is 12.1 Å². The molecule has 1 aliphatic heterocycles. The van der Waals surface area contributed by atoms with Gasteiger partial charge in [-0.2, -0.15) is 5.10 Å². The maximum Gasteiger partial charge on any atom is 0.274 e. The molecule has 29 heavy (non-hydrogen) atoms. The predicted molar refractivity (Wildman–Crippen MR) is 110 cm³/mol. The van der Waals surface area contributed by atoms with Crippen molar-refractivity contribution in [1.29, 1.82) is 0 Å². The minimum absolute atomic E-state index is 0.0552. The lowest BCUT2D eigenvalue weighted by Gasteiger charge is -2.27. The van der Waals surface area contributed by atoms with E-state index in [1.165, 1.54) is 0 Å². The average molecular weight is 389 g/mol. The molecule has 0 unspecified atom stereocenters. The zero-order valence-electron chi connectivity index (χ0n) is 16.7. The Balaban J connectivity index is 1.54. The summed E-state index contributed by atoms with van der Waals surface area (Å²) in [4.78, 5) is 31.7. The Hall–Kier alpha value is -3.48. The van der Waals surface area contributed by atoms with Gasteiger partial charge in [0.2, 0.25) is 0 Å². The van der Waals surface area contributed by atoms with Crippen LogP contribution >= 0.6 is 0 Å². The molecule has 3 aromatic rings. The van der Waals surface area contributed by atoms with Gasteiger partial charge >= 0.3 is 0 Å². The van der Waals surface area contributed by atoms with Gasteiger partial charge in [0.05, 0.1) is 5.69 Å². The van der Waals surface area contributed by atoms with Gasteiger partial charge in [0, 0.05) is 47.7 Å². The summed E-state index contributed by atoms with van der Waals surface area (Å²) in [5.74, 6) is -0.349. The minimum atomic E-state index is -0.293. The number of amides is 2. The van der Waals surface area contributed by atoms with Crippen LogP contribution < -0.4 is 5.32 Å². The first-order valence-electron chi connectivity index (χ1n) is 9.60. The summed E-state index contributed by atoms with van der Waals surface area (Å²) in [6.07, 6.45) is 0.736. The normalized spacial score (nSPS) is 13.1. The van der Waals surface area contributed by atoms with E-state index in [0.717, 1.165) is 34.6 Å². The minimum Gasteiger partial charge on any atom is -0.334 e. The molecule has 2 aromatic heterocycles. The lowest BCUT2D eigenvalue weighted by molar-refractivity contribution is 0.0733. The second kappa shape index (κ2) is 7.50. The molecule has 7 heteroatoms. The first kappa shape index (κ1) is 18.9. The number of carbonyl (C=O) groups is 2. The molecule has 7 nitrogen and oxygen atoms in total. The first-order chi connectivity index (χ1) is 13.9. The van der Waals surface area contributed by atoms with Crippen molar-refractivity contribution in [2.75, 3.05) is 11.9 Å². The van der Waals surface area contributed by atoms with Crippen LogP contribution in [0.15, 0.2) is 36.4 Å². The van der Waals surface area contributed by atoms with Crippen LogP contribution in [0.25, 0.3) is 0 Å². The number of hydrogen-bond donors (Lipinski definition) is 2. The van der Waals surface area contributed by atoms with Gasteiger partial charge in [-0.15, -0.1) is 0 Å². The third-order valence-corrected chi connectivity index (χ3v) is 5.27. The molecule has 0 saturated heterocycles. The Morgan fingerprint density at radius 1 is 1.14 bits per heavy atom. The molecule has 148 valence electrons. The number of aromatic amines is 1. The van der Waals surface area contributed by atoms with Crippen molar-refractivity contribution in [3.05, 3.63) is 75.9 Å². The fraction of sp³-hybridized carbons (Fsp3) is 0.273. The number of benzene rings is 1. The van der Waals surface area contributed by atoms with E-state index in [2.05, 4.69) is 20.5 Å². The van der Waals surface area contributed by atoms with Gasteiger partial charge in [0.15, 0.2) is 0 Å². The number of H-pyrrole nitrogens is 1. The van der Waals surface area contributed by atoms with Crippen LogP contribution in [0.5, 0.6) is 0 Å². The van der Waals surface area contributed by atoms with E-state index in [9.17, 15) is 9.59 Å². The van der Waals surface area contributed by atoms with Crippen LogP contribution in [-0.2, 0) is 13.0 Å². The highest BCUT2D eigenvalue weighted by Crippen LogP contribution is 2.23. The first-order valence-corrected chi connectivity index (χ1v) is 9.60. The number of nitrogens with zero attached hydrogens (tertiary/aromatic N) is 3. The largest absolute Gasteiger partial charge is 0.334 e. The van der Waals surface area contributed by atoms with Gasteiger partial charge in [-0.05, 0) is 50.6 Å².